The Kier molecular flexibility index (Phi) is 4.92. The van der Waals surface area contributed by atoms with Gasteiger partial charge < -0.3 is 9.73 Å². The molecule has 2 heterocycles. The first-order valence-corrected chi connectivity index (χ1v) is 7.01. The number of aryl methyl sites for hydroxylation is 1. The molecule has 0 spiro atoms. The summed E-state index contributed by atoms with van der Waals surface area (Å²) in [4.78, 5) is 23.7. The van der Waals surface area contributed by atoms with Crippen molar-refractivity contribution >= 4 is 5.91 Å². The second-order valence-corrected chi connectivity index (χ2v) is 4.94. The van der Waals surface area contributed by atoms with E-state index < -0.39 is 0 Å². The zero-order chi connectivity index (χ0) is 15.2. The molecular formula is C15H19N3O3. The third-order valence-electron chi connectivity index (χ3n) is 3.00. The van der Waals surface area contributed by atoms with Crippen LogP contribution in [0.15, 0.2) is 39.7 Å². The van der Waals surface area contributed by atoms with Crippen LogP contribution in [-0.4, -0.2) is 21.7 Å². The Morgan fingerprint density at radius 3 is 2.90 bits per heavy atom. The second-order valence-electron chi connectivity index (χ2n) is 4.94. The molecule has 0 aliphatic rings. The minimum atomic E-state index is -0.293. The molecule has 0 aromatic carbocycles. The molecule has 1 unspecified atom stereocenters. The van der Waals surface area contributed by atoms with Crippen LogP contribution in [-0.2, 0) is 13.0 Å². The molecule has 21 heavy (non-hydrogen) atoms. The van der Waals surface area contributed by atoms with Crippen molar-refractivity contribution < 1.29 is 9.21 Å². The highest BCUT2D eigenvalue weighted by molar-refractivity contribution is 5.92. The van der Waals surface area contributed by atoms with E-state index >= 15 is 0 Å². The van der Waals surface area contributed by atoms with Gasteiger partial charge in [-0.25, -0.2) is 4.68 Å². The number of carbonyl (C=O) groups is 1. The van der Waals surface area contributed by atoms with Gasteiger partial charge in [0, 0.05) is 25.1 Å². The van der Waals surface area contributed by atoms with Gasteiger partial charge in [0.05, 0.1) is 6.26 Å². The van der Waals surface area contributed by atoms with E-state index in [0.29, 0.717) is 13.0 Å². The molecule has 0 aliphatic heterocycles. The summed E-state index contributed by atoms with van der Waals surface area (Å²) in [6.45, 7) is 4.34. The van der Waals surface area contributed by atoms with Crippen LogP contribution in [0.1, 0.15) is 36.5 Å². The standard InChI is InChI=1S/C15H19N3O3/c1-3-8-18-14(19)7-6-13(17-18)15(20)16-11(2)10-12-5-4-9-21-12/h4-7,9,11H,3,8,10H2,1-2H3,(H,16,20). The Morgan fingerprint density at radius 2 is 2.24 bits per heavy atom. The van der Waals surface area contributed by atoms with Crippen LogP contribution in [0.4, 0.5) is 0 Å². The number of carbonyl (C=O) groups excluding carboxylic acids is 1. The Morgan fingerprint density at radius 1 is 1.43 bits per heavy atom. The van der Waals surface area contributed by atoms with Gasteiger partial charge in [0.2, 0.25) is 0 Å². The van der Waals surface area contributed by atoms with Gasteiger partial charge in [-0.15, -0.1) is 0 Å². The number of hydrogen-bond donors (Lipinski definition) is 1. The van der Waals surface area contributed by atoms with Gasteiger partial charge in [-0.1, -0.05) is 6.92 Å². The van der Waals surface area contributed by atoms with Crippen LogP contribution in [0.25, 0.3) is 0 Å². The summed E-state index contributed by atoms with van der Waals surface area (Å²) >= 11 is 0. The summed E-state index contributed by atoms with van der Waals surface area (Å²) < 4.78 is 6.56. The first kappa shape index (κ1) is 15.0. The molecular weight excluding hydrogens is 270 g/mol. The van der Waals surface area contributed by atoms with E-state index in [1.54, 1.807) is 6.26 Å². The Labute approximate surface area is 122 Å². The van der Waals surface area contributed by atoms with Gasteiger partial charge >= 0.3 is 0 Å². The lowest BCUT2D eigenvalue weighted by molar-refractivity contribution is 0.0931. The predicted octanol–water partition coefficient (Wildman–Crippen LogP) is 1.61. The second kappa shape index (κ2) is 6.88. The molecule has 2 rings (SSSR count). The van der Waals surface area contributed by atoms with E-state index in [1.165, 1.54) is 16.8 Å². The molecule has 1 atom stereocenters. The quantitative estimate of drug-likeness (QED) is 0.876. The fourth-order valence-electron chi connectivity index (χ4n) is 2.02. The zero-order valence-electron chi connectivity index (χ0n) is 12.2. The van der Waals surface area contributed by atoms with Crippen LogP contribution >= 0.6 is 0 Å². The third kappa shape index (κ3) is 4.05. The summed E-state index contributed by atoms with van der Waals surface area (Å²) in [6, 6.07) is 6.41. The van der Waals surface area contributed by atoms with Gasteiger partial charge in [0.25, 0.3) is 11.5 Å². The maximum absolute atomic E-state index is 12.1. The maximum Gasteiger partial charge on any atom is 0.271 e. The molecule has 1 N–H and O–H groups in total. The van der Waals surface area contributed by atoms with Crippen LogP contribution in [0.5, 0.6) is 0 Å². The van der Waals surface area contributed by atoms with Gasteiger partial charge in [-0.05, 0) is 31.5 Å². The predicted molar refractivity (Wildman–Crippen MR) is 78.1 cm³/mol. The van der Waals surface area contributed by atoms with Crippen molar-refractivity contribution in [1.82, 2.24) is 15.1 Å². The largest absolute Gasteiger partial charge is 0.469 e. The van der Waals surface area contributed by atoms with Crippen molar-refractivity contribution in [1.29, 1.82) is 0 Å². The molecule has 0 saturated carbocycles. The Bertz CT molecular complexity index is 646. The monoisotopic (exact) mass is 289 g/mol. The van der Waals surface area contributed by atoms with Crippen LogP contribution < -0.4 is 10.9 Å². The van der Waals surface area contributed by atoms with E-state index in [9.17, 15) is 9.59 Å². The Balaban J connectivity index is 2.02. The van der Waals surface area contributed by atoms with Crippen molar-refractivity contribution in [2.75, 3.05) is 0 Å². The van der Waals surface area contributed by atoms with E-state index in [2.05, 4.69) is 10.4 Å². The highest BCUT2D eigenvalue weighted by Crippen LogP contribution is 2.04. The number of rotatable bonds is 6. The van der Waals surface area contributed by atoms with Gasteiger partial charge in [0.1, 0.15) is 11.5 Å². The highest BCUT2D eigenvalue weighted by Gasteiger charge is 2.13. The van der Waals surface area contributed by atoms with Gasteiger partial charge in [-0.3, -0.25) is 9.59 Å². The molecule has 0 radical (unpaired) electrons. The fraction of sp³-hybridized carbons (Fsp3) is 0.400. The normalized spacial score (nSPS) is 12.1. The maximum atomic E-state index is 12.1. The summed E-state index contributed by atoms with van der Waals surface area (Å²) in [6.07, 6.45) is 2.99. The minimum Gasteiger partial charge on any atom is -0.469 e. The van der Waals surface area contributed by atoms with Crippen LogP contribution in [0.2, 0.25) is 0 Å². The van der Waals surface area contributed by atoms with Crippen LogP contribution in [0, 0.1) is 0 Å². The van der Waals surface area contributed by atoms with Crippen molar-refractivity contribution in [3.63, 3.8) is 0 Å². The van der Waals surface area contributed by atoms with Crippen LogP contribution in [0.3, 0.4) is 0 Å². The molecule has 6 heteroatoms. The molecule has 0 saturated heterocycles. The smallest absolute Gasteiger partial charge is 0.271 e. The average molecular weight is 289 g/mol. The summed E-state index contributed by atoms with van der Waals surface area (Å²) in [5.74, 6) is 0.519. The summed E-state index contributed by atoms with van der Waals surface area (Å²) in [7, 11) is 0. The first-order chi connectivity index (χ1) is 10.1. The van der Waals surface area contributed by atoms with E-state index in [-0.39, 0.29) is 23.2 Å². The lowest BCUT2D eigenvalue weighted by atomic mass is 10.2. The van der Waals surface area contributed by atoms with Gasteiger partial charge in [-0.2, -0.15) is 5.10 Å². The molecule has 2 aromatic rings. The first-order valence-electron chi connectivity index (χ1n) is 7.01. The average Bonchev–Trinajstić information content (AvgIpc) is 2.94. The van der Waals surface area contributed by atoms with E-state index in [4.69, 9.17) is 4.42 Å². The topological polar surface area (TPSA) is 77.1 Å². The molecule has 0 fully saturated rings. The number of nitrogens with zero attached hydrogens (tertiary/aromatic N) is 2. The molecule has 112 valence electrons. The SMILES string of the molecule is CCCn1nc(C(=O)NC(C)Cc2ccco2)ccc1=O. The molecule has 0 bridgehead atoms. The van der Waals surface area contributed by atoms with Crippen molar-refractivity contribution in [2.45, 2.75) is 39.3 Å². The zero-order valence-corrected chi connectivity index (χ0v) is 12.2. The number of aromatic nitrogens is 2. The van der Waals surface area contributed by atoms with Gasteiger partial charge in [0.15, 0.2) is 0 Å². The van der Waals surface area contributed by atoms with E-state index in [1.807, 2.05) is 26.0 Å². The lowest BCUT2D eigenvalue weighted by Crippen LogP contribution is -2.36. The van der Waals surface area contributed by atoms with Crippen molar-refractivity contribution in [3.05, 3.63) is 52.3 Å². The molecule has 1 amide bonds. The third-order valence-corrected chi connectivity index (χ3v) is 3.00. The number of furan rings is 1. The minimum absolute atomic E-state index is 0.0861. The lowest BCUT2D eigenvalue weighted by Gasteiger charge is -2.12. The Hall–Kier alpha value is -2.37. The fourth-order valence-corrected chi connectivity index (χ4v) is 2.02. The number of amides is 1. The van der Waals surface area contributed by atoms with Crippen molar-refractivity contribution in [2.24, 2.45) is 0 Å². The molecule has 0 aliphatic carbocycles. The number of hydrogen-bond acceptors (Lipinski definition) is 4. The van der Waals surface area contributed by atoms with E-state index in [0.717, 1.165) is 12.2 Å². The van der Waals surface area contributed by atoms with Crippen molar-refractivity contribution in [3.8, 4) is 0 Å². The highest BCUT2D eigenvalue weighted by atomic mass is 16.3. The molecule has 6 nitrogen and oxygen atoms in total. The summed E-state index contributed by atoms with van der Waals surface area (Å²) in [5.41, 5.74) is 0.0476. The summed E-state index contributed by atoms with van der Waals surface area (Å²) in [5, 5.41) is 6.93. The number of nitrogens with one attached hydrogen (secondary N) is 1. The molecule has 2 aromatic heterocycles.